The van der Waals surface area contributed by atoms with Crippen molar-refractivity contribution in [1.82, 2.24) is 0 Å². The number of hydrogen-bond donors (Lipinski definition) is 1. The molecular weight excluding hydrogens is 136 g/mol. The molecule has 1 heteroatoms. The molecule has 0 spiro atoms. The quantitative estimate of drug-likeness (QED) is 0.575. The maximum absolute atomic E-state index is 9.11. The predicted octanol–water partition coefficient (Wildman–Crippen LogP) is 2.50. The highest BCUT2D eigenvalue weighted by Crippen LogP contribution is 2.27. The first-order valence-corrected chi connectivity index (χ1v) is 4.56. The number of aliphatic hydroxyl groups excluding tert-OH is 1. The standard InChI is InChI=1S/C10H18O/c1-8-4-3-5-10(6-8)7-9(2)11/h7-9,11H,3-6H2,1-2H3/b10-7-. The van der Waals surface area contributed by atoms with Gasteiger partial charge in [-0.1, -0.05) is 25.0 Å². The van der Waals surface area contributed by atoms with Gasteiger partial charge in [0.2, 0.25) is 0 Å². The molecule has 1 rings (SSSR count). The average molecular weight is 154 g/mol. The van der Waals surface area contributed by atoms with Crippen LogP contribution in [0.25, 0.3) is 0 Å². The second kappa shape index (κ2) is 3.91. The molecule has 2 atom stereocenters. The molecule has 0 saturated heterocycles. The van der Waals surface area contributed by atoms with Crippen molar-refractivity contribution in [2.45, 2.75) is 45.6 Å². The Kier molecular flexibility index (Phi) is 3.13. The van der Waals surface area contributed by atoms with Crippen molar-refractivity contribution in [2.24, 2.45) is 5.92 Å². The molecule has 1 aliphatic carbocycles. The Morgan fingerprint density at radius 1 is 1.64 bits per heavy atom. The lowest BCUT2D eigenvalue weighted by Gasteiger charge is -2.20. The van der Waals surface area contributed by atoms with E-state index in [9.17, 15) is 0 Å². The van der Waals surface area contributed by atoms with Crippen LogP contribution in [0.15, 0.2) is 11.6 Å². The van der Waals surface area contributed by atoms with Crippen LogP contribution in [-0.4, -0.2) is 11.2 Å². The zero-order valence-electron chi connectivity index (χ0n) is 7.51. The minimum atomic E-state index is -0.254. The van der Waals surface area contributed by atoms with Gasteiger partial charge < -0.3 is 5.11 Å². The van der Waals surface area contributed by atoms with E-state index in [0.29, 0.717) is 0 Å². The smallest absolute Gasteiger partial charge is 0.0695 e. The van der Waals surface area contributed by atoms with E-state index < -0.39 is 0 Å². The molecule has 11 heavy (non-hydrogen) atoms. The van der Waals surface area contributed by atoms with Gasteiger partial charge in [-0.05, 0) is 32.1 Å². The number of allylic oxidation sites excluding steroid dienone is 1. The summed E-state index contributed by atoms with van der Waals surface area (Å²) in [5.41, 5.74) is 1.46. The maximum Gasteiger partial charge on any atom is 0.0695 e. The molecule has 1 aliphatic rings. The third-order valence-corrected chi connectivity index (χ3v) is 2.28. The third kappa shape index (κ3) is 3.06. The van der Waals surface area contributed by atoms with Crippen molar-refractivity contribution in [2.75, 3.05) is 0 Å². The van der Waals surface area contributed by atoms with Crippen LogP contribution in [0, 0.1) is 5.92 Å². The van der Waals surface area contributed by atoms with Crippen LogP contribution in [0.3, 0.4) is 0 Å². The summed E-state index contributed by atoms with van der Waals surface area (Å²) in [7, 11) is 0. The molecule has 0 amide bonds. The van der Waals surface area contributed by atoms with E-state index in [1.807, 2.05) is 13.0 Å². The second-order valence-electron chi connectivity index (χ2n) is 3.77. The fourth-order valence-corrected chi connectivity index (χ4v) is 1.82. The first-order valence-electron chi connectivity index (χ1n) is 4.56. The third-order valence-electron chi connectivity index (χ3n) is 2.28. The molecule has 1 saturated carbocycles. The Balaban J connectivity index is 2.45. The molecule has 0 aromatic rings. The summed E-state index contributed by atoms with van der Waals surface area (Å²) in [5, 5.41) is 9.11. The van der Waals surface area contributed by atoms with Gasteiger partial charge in [-0.2, -0.15) is 0 Å². The van der Waals surface area contributed by atoms with Crippen molar-refractivity contribution < 1.29 is 5.11 Å². The molecule has 1 fully saturated rings. The number of aliphatic hydroxyl groups is 1. The molecule has 0 heterocycles. The molecule has 2 unspecified atom stereocenters. The van der Waals surface area contributed by atoms with E-state index in [4.69, 9.17) is 5.11 Å². The first kappa shape index (κ1) is 8.79. The van der Waals surface area contributed by atoms with Gasteiger partial charge in [0.25, 0.3) is 0 Å². The summed E-state index contributed by atoms with van der Waals surface area (Å²) in [6, 6.07) is 0. The molecular formula is C10H18O. The van der Waals surface area contributed by atoms with Gasteiger partial charge in [-0.15, -0.1) is 0 Å². The van der Waals surface area contributed by atoms with Crippen molar-refractivity contribution in [3.63, 3.8) is 0 Å². The van der Waals surface area contributed by atoms with Crippen molar-refractivity contribution >= 4 is 0 Å². The van der Waals surface area contributed by atoms with Crippen molar-refractivity contribution in [3.8, 4) is 0 Å². The van der Waals surface area contributed by atoms with Crippen LogP contribution in [0.1, 0.15) is 39.5 Å². The van der Waals surface area contributed by atoms with Gasteiger partial charge in [0.1, 0.15) is 0 Å². The summed E-state index contributed by atoms with van der Waals surface area (Å²) in [5.74, 6) is 0.828. The zero-order chi connectivity index (χ0) is 8.27. The lowest BCUT2D eigenvalue weighted by Crippen LogP contribution is -2.06. The lowest BCUT2D eigenvalue weighted by atomic mass is 9.86. The highest BCUT2D eigenvalue weighted by Gasteiger charge is 2.12. The second-order valence-corrected chi connectivity index (χ2v) is 3.77. The minimum absolute atomic E-state index is 0.254. The van der Waals surface area contributed by atoms with Crippen molar-refractivity contribution in [1.29, 1.82) is 0 Å². The van der Waals surface area contributed by atoms with Gasteiger partial charge >= 0.3 is 0 Å². The van der Waals surface area contributed by atoms with Gasteiger partial charge in [0, 0.05) is 0 Å². The Morgan fingerprint density at radius 2 is 2.36 bits per heavy atom. The van der Waals surface area contributed by atoms with E-state index in [2.05, 4.69) is 6.92 Å². The summed E-state index contributed by atoms with van der Waals surface area (Å²) in [4.78, 5) is 0. The molecule has 0 aromatic heterocycles. The van der Waals surface area contributed by atoms with E-state index in [1.165, 1.54) is 31.3 Å². The highest BCUT2D eigenvalue weighted by molar-refractivity contribution is 5.07. The lowest BCUT2D eigenvalue weighted by molar-refractivity contribution is 0.241. The monoisotopic (exact) mass is 154 g/mol. The van der Waals surface area contributed by atoms with Crippen LogP contribution in [-0.2, 0) is 0 Å². The van der Waals surface area contributed by atoms with Gasteiger partial charge in [-0.3, -0.25) is 0 Å². The molecule has 64 valence electrons. The van der Waals surface area contributed by atoms with Gasteiger partial charge in [0.15, 0.2) is 0 Å². The Labute approximate surface area is 69.1 Å². The van der Waals surface area contributed by atoms with Gasteiger partial charge in [0.05, 0.1) is 6.10 Å². The topological polar surface area (TPSA) is 20.2 Å². The predicted molar refractivity (Wildman–Crippen MR) is 47.4 cm³/mol. The normalized spacial score (nSPS) is 32.3. The summed E-state index contributed by atoms with van der Waals surface area (Å²) in [6.45, 7) is 4.11. The van der Waals surface area contributed by atoms with Crippen molar-refractivity contribution in [3.05, 3.63) is 11.6 Å². The highest BCUT2D eigenvalue weighted by atomic mass is 16.3. The van der Waals surface area contributed by atoms with E-state index in [-0.39, 0.29) is 6.10 Å². The van der Waals surface area contributed by atoms with Crippen LogP contribution in [0.2, 0.25) is 0 Å². The summed E-state index contributed by atoms with van der Waals surface area (Å²) in [6.07, 6.45) is 6.82. The van der Waals surface area contributed by atoms with E-state index >= 15 is 0 Å². The summed E-state index contributed by atoms with van der Waals surface area (Å²) >= 11 is 0. The Hall–Kier alpha value is -0.300. The fraction of sp³-hybridized carbons (Fsp3) is 0.800. The van der Waals surface area contributed by atoms with Crippen LogP contribution >= 0.6 is 0 Å². The Bertz CT molecular complexity index is 147. The van der Waals surface area contributed by atoms with Gasteiger partial charge in [-0.25, -0.2) is 0 Å². The molecule has 1 nitrogen and oxygen atoms in total. The fourth-order valence-electron chi connectivity index (χ4n) is 1.82. The van der Waals surface area contributed by atoms with Crippen LogP contribution in [0.5, 0.6) is 0 Å². The SMILES string of the molecule is CC(O)/C=C1/CCCC(C)C1. The Morgan fingerprint density at radius 3 is 2.91 bits per heavy atom. The zero-order valence-corrected chi connectivity index (χ0v) is 7.51. The van der Waals surface area contributed by atoms with Crippen LogP contribution < -0.4 is 0 Å². The molecule has 0 radical (unpaired) electrons. The first-order chi connectivity index (χ1) is 5.18. The number of rotatable bonds is 1. The number of hydrogen-bond acceptors (Lipinski definition) is 1. The van der Waals surface area contributed by atoms with Crippen LogP contribution in [0.4, 0.5) is 0 Å². The molecule has 1 N–H and O–H groups in total. The van der Waals surface area contributed by atoms with E-state index in [1.54, 1.807) is 0 Å². The largest absolute Gasteiger partial charge is 0.389 e. The molecule has 0 aromatic carbocycles. The maximum atomic E-state index is 9.11. The molecule has 0 bridgehead atoms. The average Bonchev–Trinajstić information content (AvgIpc) is 1.85. The minimum Gasteiger partial charge on any atom is -0.389 e. The molecule has 0 aliphatic heterocycles. The van der Waals surface area contributed by atoms with E-state index in [0.717, 1.165) is 5.92 Å². The summed E-state index contributed by atoms with van der Waals surface area (Å²) < 4.78 is 0.